The van der Waals surface area contributed by atoms with Crippen molar-refractivity contribution in [2.75, 3.05) is 6.61 Å². The van der Waals surface area contributed by atoms with Crippen LogP contribution >= 0.6 is 0 Å². The molecule has 10 nitrogen and oxygen atoms in total. The van der Waals surface area contributed by atoms with Crippen LogP contribution in [0.25, 0.3) is 0 Å². The summed E-state index contributed by atoms with van der Waals surface area (Å²) in [4.78, 5) is 58.6. The van der Waals surface area contributed by atoms with Crippen molar-refractivity contribution in [2.45, 2.75) is 77.5 Å². The molecule has 0 aliphatic carbocycles. The van der Waals surface area contributed by atoms with E-state index in [1.807, 2.05) is 0 Å². The average molecular weight is 428 g/mol. The van der Waals surface area contributed by atoms with Gasteiger partial charge in [-0.15, -0.1) is 6.58 Å². The molecule has 1 rings (SSSR count). The molecule has 0 radical (unpaired) electrons. The summed E-state index contributed by atoms with van der Waals surface area (Å²) in [7, 11) is 0. The van der Waals surface area contributed by atoms with Gasteiger partial charge in [-0.1, -0.05) is 6.08 Å². The Morgan fingerprint density at radius 2 is 1.30 bits per heavy atom. The molecular weight excluding hydrogens is 400 g/mol. The molecule has 1 aliphatic rings. The van der Waals surface area contributed by atoms with E-state index in [1.54, 1.807) is 6.08 Å². The lowest BCUT2D eigenvalue weighted by Gasteiger charge is -2.44. The first-order chi connectivity index (χ1) is 14.0. The molecule has 2 unspecified atom stereocenters. The summed E-state index contributed by atoms with van der Waals surface area (Å²) in [6.45, 7) is 7.84. The largest absolute Gasteiger partial charge is 0.463 e. The summed E-state index contributed by atoms with van der Waals surface area (Å²) in [6, 6.07) is 0. The minimum atomic E-state index is -1.26. The standard InChI is InChI=1S/C20H28O10/c1-6-7-8-15(25)9-16-18(27-12(3)22)20(29-14(5)24)19(28-13(4)23)17(30-16)10-26-11(2)21/h6,16-20H,1,7-10H2,2-5H3/t16-,17?,18?,19+,20+/m0/s1. The molecule has 1 aliphatic heterocycles. The van der Waals surface area contributed by atoms with E-state index < -0.39 is 54.4 Å². The topological polar surface area (TPSA) is 132 Å². The highest BCUT2D eigenvalue weighted by atomic mass is 16.7. The molecule has 0 amide bonds. The molecule has 1 heterocycles. The molecule has 0 bridgehead atoms. The van der Waals surface area contributed by atoms with E-state index in [4.69, 9.17) is 23.7 Å². The quantitative estimate of drug-likeness (QED) is 0.282. The monoisotopic (exact) mass is 428 g/mol. The first-order valence-corrected chi connectivity index (χ1v) is 9.48. The SMILES string of the molecule is C=CCCC(=O)C[C@@H]1OC(COC(C)=O)[C@@H](OC(C)=O)[C@H](OC(C)=O)C1OC(C)=O. The van der Waals surface area contributed by atoms with Crippen molar-refractivity contribution in [3.63, 3.8) is 0 Å². The zero-order valence-corrected chi connectivity index (χ0v) is 17.6. The molecule has 0 aromatic rings. The molecule has 5 atom stereocenters. The highest BCUT2D eigenvalue weighted by molar-refractivity contribution is 5.79. The number of allylic oxidation sites excluding steroid dienone is 1. The maximum absolute atomic E-state index is 12.3. The second-order valence-electron chi connectivity index (χ2n) is 6.81. The van der Waals surface area contributed by atoms with E-state index in [1.165, 1.54) is 6.92 Å². The van der Waals surface area contributed by atoms with Gasteiger partial charge >= 0.3 is 23.9 Å². The van der Waals surface area contributed by atoms with Crippen LogP contribution in [0.3, 0.4) is 0 Å². The molecular formula is C20H28O10. The van der Waals surface area contributed by atoms with Gasteiger partial charge < -0.3 is 23.7 Å². The van der Waals surface area contributed by atoms with Crippen LogP contribution < -0.4 is 0 Å². The Balaban J connectivity index is 3.28. The van der Waals surface area contributed by atoms with Crippen molar-refractivity contribution in [1.29, 1.82) is 0 Å². The predicted molar refractivity (Wildman–Crippen MR) is 101 cm³/mol. The number of esters is 4. The van der Waals surface area contributed by atoms with Crippen molar-refractivity contribution in [1.82, 2.24) is 0 Å². The molecule has 0 spiro atoms. The van der Waals surface area contributed by atoms with Crippen molar-refractivity contribution < 1.29 is 47.7 Å². The van der Waals surface area contributed by atoms with Gasteiger partial charge in [0.05, 0.1) is 0 Å². The van der Waals surface area contributed by atoms with E-state index in [-0.39, 0.29) is 25.2 Å². The van der Waals surface area contributed by atoms with Gasteiger partial charge in [-0.25, -0.2) is 0 Å². The minimum Gasteiger partial charge on any atom is -0.463 e. The molecule has 30 heavy (non-hydrogen) atoms. The van der Waals surface area contributed by atoms with Crippen LogP contribution in [0.2, 0.25) is 0 Å². The Bertz CT molecular complexity index is 670. The Labute approximate surface area is 174 Å². The number of hydrogen-bond acceptors (Lipinski definition) is 10. The fourth-order valence-corrected chi connectivity index (χ4v) is 3.07. The van der Waals surface area contributed by atoms with Crippen LogP contribution in [-0.4, -0.2) is 66.8 Å². The lowest BCUT2D eigenvalue weighted by molar-refractivity contribution is -0.252. The molecule has 1 saturated heterocycles. The van der Waals surface area contributed by atoms with Gasteiger partial charge in [0.1, 0.15) is 24.6 Å². The normalized spacial score (nSPS) is 25.5. The average Bonchev–Trinajstić information content (AvgIpc) is 2.62. The summed E-state index contributed by atoms with van der Waals surface area (Å²) in [5.41, 5.74) is 0. The number of rotatable bonds is 10. The molecule has 0 aromatic heterocycles. The van der Waals surface area contributed by atoms with Crippen LogP contribution in [0.4, 0.5) is 0 Å². The van der Waals surface area contributed by atoms with Crippen LogP contribution in [0, 0.1) is 0 Å². The zero-order valence-electron chi connectivity index (χ0n) is 17.6. The second kappa shape index (κ2) is 12.1. The van der Waals surface area contributed by atoms with Gasteiger partial charge in [0, 0.05) is 40.5 Å². The third-order valence-corrected chi connectivity index (χ3v) is 4.14. The summed E-state index contributed by atoms with van der Waals surface area (Å²) >= 11 is 0. The Morgan fingerprint density at radius 1 is 0.800 bits per heavy atom. The fraction of sp³-hybridized carbons (Fsp3) is 0.650. The number of ether oxygens (including phenoxy) is 5. The first-order valence-electron chi connectivity index (χ1n) is 9.48. The fourth-order valence-electron chi connectivity index (χ4n) is 3.07. The maximum Gasteiger partial charge on any atom is 0.303 e. The van der Waals surface area contributed by atoms with Crippen LogP contribution in [-0.2, 0) is 47.7 Å². The molecule has 0 aromatic carbocycles. The Morgan fingerprint density at radius 3 is 1.77 bits per heavy atom. The summed E-state index contributed by atoms with van der Waals surface area (Å²) in [5.74, 6) is -2.94. The number of carbonyl (C=O) groups is 5. The van der Waals surface area contributed by atoms with E-state index in [9.17, 15) is 24.0 Å². The van der Waals surface area contributed by atoms with Gasteiger partial charge in [0.25, 0.3) is 0 Å². The number of hydrogen-bond donors (Lipinski definition) is 0. The van der Waals surface area contributed by atoms with Crippen LogP contribution in [0.1, 0.15) is 47.0 Å². The van der Waals surface area contributed by atoms with Crippen molar-refractivity contribution >= 4 is 29.7 Å². The second-order valence-corrected chi connectivity index (χ2v) is 6.81. The van der Waals surface area contributed by atoms with Gasteiger partial charge in [-0.05, 0) is 6.42 Å². The molecule has 168 valence electrons. The van der Waals surface area contributed by atoms with Crippen molar-refractivity contribution in [3.8, 4) is 0 Å². The first kappa shape index (κ1) is 25.3. The van der Waals surface area contributed by atoms with Crippen LogP contribution in [0.5, 0.6) is 0 Å². The summed E-state index contributed by atoms with van der Waals surface area (Å²) < 4.78 is 26.7. The third kappa shape index (κ3) is 8.32. The third-order valence-electron chi connectivity index (χ3n) is 4.14. The number of Topliss-reactive ketones (excluding diaryl/α,β-unsaturated/α-hetero) is 1. The molecule has 0 saturated carbocycles. The van der Waals surface area contributed by atoms with E-state index in [0.717, 1.165) is 20.8 Å². The summed E-state index contributed by atoms with van der Waals surface area (Å²) in [6.07, 6.45) is -3.69. The van der Waals surface area contributed by atoms with Crippen LogP contribution in [0.15, 0.2) is 12.7 Å². The predicted octanol–water partition coefficient (Wildman–Crippen LogP) is 1.04. The van der Waals surface area contributed by atoms with Gasteiger partial charge in [-0.2, -0.15) is 0 Å². The Kier molecular flexibility index (Phi) is 10.2. The lowest BCUT2D eigenvalue weighted by Crippen LogP contribution is -2.62. The number of carbonyl (C=O) groups excluding carboxylic acids is 5. The van der Waals surface area contributed by atoms with Crippen molar-refractivity contribution in [2.24, 2.45) is 0 Å². The minimum absolute atomic E-state index is 0.160. The van der Waals surface area contributed by atoms with Gasteiger partial charge in [-0.3, -0.25) is 24.0 Å². The zero-order chi connectivity index (χ0) is 22.8. The molecule has 10 heteroatoms. The lowest BCUT2D eigenvalue weighted by atomic mass is 9.91. The Hall–Kier alpha value is -2.75. The van der Waals surface area contributed by atoms with E-state index in [2.05, 4.69) is 6.58 Å². The molecule has 0 N–H and O–H groups in total. The van der Waals surface area contributed by atoms with E-state index >= 15 is 0 Å². The highest BCUT2D eigenvalue weighted by Crippen LogP contribution is 2.31. The van der Waals surface area contributed by atoms with Gasteiger partial charge in [0.15, 0.2) is 18.3 Å². The van der Waals surface area contributed by atoms with Crippen molar-refractivity contribution in [3.05, 3.63) is 12.7 Å². The highest BCUT2D eigenvalue weighted by Gasteiger charge is 2.52. The molecule has 1 fully saturated rings. The maximum atomic E-state index is 12.3. The van der Waals surface area contributed by atoms with Gasteiger partial charge in [0.2, 0.25) is 0 Å². The van der Waals surface area contributed by atoms with E-state index in [0.29, 0.717) is 6.42 Å². The number of ketones is 1. The summed E-state index contributed by atoms with van der Waals surface area (Å²) in [5, 5.41) is 0. The smallest absolute Gasteiger partial charge is 0.303 e.